The normalized spacial score (nSPS) is 35.1. The van der Waals surface area contributed by atoms with Gasteiger partial charge >= 0.3 is 6.18 Å². The van der Waals surface area contributed by atoms with Gasteiger partial charge in [0.25, 0.3) is 0 Å². The maximum absolute atomic E-state index is 12.1. The highest BCUT2D eigenvalue weighted by Gasteiger charge is 2.49. The highest BCUT2D eigenvalue weighted by molar-refractivity contribution is 5.06. The first-order valence-corrected chi connectivity index (χ1v) is 8.01. The van der Waals surface area contributed by atoms with Gasteiger partial charge in [-0.3, -0.25) is 4.90 Å². The van der Waals surface area contributed by atoms with E-state index in [9.17, 15) is 13.2 Å². The zero-order valence-corrected chi connectivity index (χ0v) is 12.6. The molecule has 0 amide bonds. The Morgan fingerprint density at radius 2 is 1.95 bits per heavy atom. The summed E-state index contributed by atoms with van der Waals surface area (Å²) in [7, 11) is 0. The Balaban J connectivity index is 1.52. The molecule has 1 saturated heterocycles. The summed E-state index contributed by atoms with van der Waals surface area (Å²) in [5.74, 6) is 1.46. The number of nitrogens with zero attached hydrogens (tertiary/aromatic N) is 1. The molecular weight excluding hydrogens is 281 g/mol. The SMILES string of the molecule is CC1(C2CC2)CNC(C2CC2)CN1CCOCC(F)(F)F. The summed E-state index contributed by atoms with van der Waals surface area (Å²) in [6.45, 7) is 3.80. The predicted molar refractivity (Wildman–Crippen MR) is 74.1 cm³/mol. The molecule has 0 aromatic carbocycles. The molecule has 3 nitrogen and oxygen atoms in total. The Morgan fingerprint density at radius 3 is 2.52 bits per heavy atom. The van der Waals surface area contributed by atoms with E-state index in [0.717, 1.165) is 19.0 Å². The van der Waals surface area contributed by atoms with Crippen molar-refractivity contribution in [3.8, 4) is 0 Å². The van der Waals surface area contributed by atoms with Crippen molar-refractivity contribution < 1.29 is 17.9 Å². The van der Waals surface area contributed by atoms with E-state index >= 15 is 0 Å². The predicted octanol–water partition coefficient (Wildman–Crippen LogP) is 2.42. The molecule has 0 radical (unpaired) electrons. The van der Waals surface area contributed by atoms with Crippen LogP contribution in [-0.2, 0) is 4.74 Å². The fourth-order valence-corrected chi connectivity index (χ4v) is 3.59. The Kier molecular flexibility index (Phi) is 4.23. The quantitative estimate of drug-likeness (QED) is 0.763. The molecule has 0 aromatic rings. The molecule has 122 valence electrons. The van der Waals surface area contributed by atoms with Crippen molar-refractivity contribution in [1.82, 2.24) is 10.2 Å². The first-order valence-electron chi connectivity index (χ1n) is 8.01. The fourth-order valence-electron chi connectivity index (χ4n) is 3.59. The van der Waals surface area contributed by atoms with E-state index in [0.29, 0.717) is 18.5 Å². The molecular formula is C15H25F3N2O. The number of hydrogen-bond acceptors (Lipinski definition) is 3. The molecule has 2 aliphatic carbocycles. The molecule has 0 spiro atoms. The maximum Gasteiger partial charge on any atom is 0.411 e. The van der Waals surface area contributed by atoms with Gasteiger partial charge in [-0.25, -0.2) is 0 Å². The van der Waals surface area contributed by atoms with Crippen LogP contribution < -0.4 is 5.32 Å². The minimum Gasteiger partial charge on any atom is -0.371 e. The zero-order chi connectivity index (χ0) is 15.1. The van der Waals surface area contributed by atoms with Crippen LogP contribution in [0.15, 0.2) is 0 Å². The van der Waals surface area contributed by atoms with Gasteiger partial charge in [-0.1, -0.05) is 0 Å². The monoisotopic (exact) mass is 306 g/mol. The first-order chi connectivity index (χ1) is 9.88. The topological polar surface area (TPSA) is 24.5 Å². The van der Waals surface area contributed by atoms with Crippen LogP contribution in [0.4, 0.5) is 13.2 Å². The van der Waals surface area contributed by atoms with Crippen LogP contribution in [0.25, 0.3) is 0 Å². The van der Waals surface area contributed by atoms with Crippen LogP contribution in [0.1, 0.15) is 32.6 Å². The lowest BCUT2D eigenvalue weighted by Crippen LogP contribution is -2.65. The van der Waals surface area contributed by atoms with Crippen molar-refractivity contribution in [1.29, 1.82) is 0 Å². The second kappa shape index (κ2) is 5.70. The molecule has 1 N–H and O–H groups in total. The number of halogens is 3. The van der Waals surface area contributed by atoms with Crippen molar-refractivity contribution in [3.63, 3.8) is 0 Å². The molecule has 1 heterocycles. The van der Waals surface area contributed by atoms with E-state index in [2.05, 4.69) is 17.1 Å². The van der Waals surface area contributed by atoms with Crippen LogP contribution in [0.3, 0.4) is 0 Å². The highest BCUT2D eigenvalue weighted by atomic mass is 19.4. The Labute approximate surface area is 124 Å². The van der Waals surface area contributed by atoms with E-state index in [-0.39, 0.29) is 12.1 Å². The van der Waals surface area contributed by atoms with E-state index in [1.807, 2.05) is 0 Å². The van der Waals surface area contributed by atoms with Gasteiger partial charge in [-0.05, 0) is 44.4 Å². The summed E-state index contributed by atoms with van der Waals surface area (Å²) in [5.41, 5.74) is 0.0903. The maximum atomic E-state index is 12.1. The minimum atomic E-state index is -4.22. The average molecular weight is 306 g/mol. The summed E-state index contributed by atoms with van der Waals surface area (Å²) < 4.78 is 41.2. The summed E-state index contributed by atoms with van der Waals surface area (Å²) in [4.78, 5) is 2.39. The van der Waals surface area contributed by atoms with Crippen LogP contribution in [0.5, 0.6) is 0 Å². The number of ether oxygens (including phenoxy) is 1. The van der Waals surface area contributed by atoms with Crippen LogP contribution in [0.2, 0.25) is 0 Å². The summed E-state index contributed by atoms with van der Waals surface area (Å²) in [6.07, 6.45) is 0.838. The molecule has 2 unspecified atom stereocenters. The number of rotatable bonds is 6. The van der Waals surface area contributed by atoms with Crippen LogP contribution in [-0.4, -0.2) is 55.5 Å². The number of piperazine rings is 1. The first kappa shape index (κ1) is 15.6. The molecule has 3 aliphatic rings. The lowest BCUT2D eigenvalue weighted by molar-refractivity contribution is -0.175. The number of nitrogens with one attached hydrogen (secondary N) is 1. The third-order valence-electron chi connectivity index (χ3n) is 5.28. The summed E-state index contributed by atoms with van der Waals surface area (Å²) in [5, 5.41) is 3.68. The van der Waals surface area contributed by atoms with Crippen molar-refractivity contribution in [3.05, 3.63) is 0 Å². The van der Waals surface area contributed by atoms with Gasteiger partial charge < -0.3 is 10.1 Å². The molecule has 1 aliphatic heterocycles. The summed E-state index contributed by atoms with van der Waals surface area (Å²) >= 11 is 0. The van der Waals surface area contributed by atoms with Crippen LogP contribution >= 0.6 is 0 Å². The third-order valence-corrected chi connectivity index (χ3v) is 5.28. The molecule has 21 heavy (non-hydrogen) atoms. The van der Waals surface area contributed by atoms with E-state index in [1.54, 1.807) is 0 Å². The van der Waals surface area contributed by atoms with Gasteiger partial charge in [-0.2, -0.15) is 13.2 Å². The van der Waals surface area contributed by atoms with E-state index in [4.69, 9.17) is 4.74 Å². The van der Waals surface area contributed by atoms with Gasteiger partial charge in [0.15, 0.2) is 0 Å². The number of alkyl halides is 3. The Morgan fingerprint density at radius 1 is 1.24 bits per heavy atom. The van der Waals surface area contributed by atoms with Crippen molar-refractivity contribution in [2.24, 2.45) is 11.8 Å². The molecule has 2 atom stereocenters. The zero-order valence-electron chi connectivity index (χ0n) is 12.6. The van der Waals surface area contributed by atoms with E-state index < -0.39 is 12.8 Å². The highest BCUT2D eigenvalue weighted by Crippen LogP contribution is 2.45. The lowest BCUT2D eigenvalue weighted by atomic mass is 9.88. The molecule has 2 saturated carbocycles. The second-order valence-electron chi connectivity index (χ2n) is 7.07. The van der Waals surface area contributed by atoms with Crippen molar-refractivity contribution >= 4 is 0 Å². The third kappa shape index (κ3) is 3.90. The van der Waals surface area contributed by atoms with Gasteiger partial charge in [0, 0.05) is 31.2 Å². The molecule has 3 rings (SSSR count). The van der Waals surface area contributed by atoms with Gasteiger partial charge in [0.1, 0.15) is 6.61 Å². The lowest BCUT2D eigenvalue weighted by Gasteiger charge is -2.49. The standard InChI is InChI=1S/C15H25F3N2O/c1-14(12-4-5-12)9-19-13(11-2-3-11)8-20(14)6-7-21-10-15(16,17)18/h11-13,19H,2-10H2,1H3. The fraction of sp³-hybridized carbons (Fsp3) is 1.00. The number of hydrogen-bond donors (Lipinski definition) is 1. The van der Waals surface area contributed by atoms with E-state index in [1.165, 1.54) is 25.7 Å². The van der Waals surface area contributed by atoms with Gasteiger partial charge in [-0.15, -0.1) is 0 Å². The molecule has 0 aromatic heterocycles. The van der Waals surface area contributed by atoms with Crippen molar-refractivity contribution in [2.45, 2.75) is 50.4 Å². The van der Waals surface area contributed by atoms with Crippen LogP contribution in [0, 0.1) is 11.8 Å². The van der Waals surface area contributed by atoms with Gasteiger partial charge in [0.05, 0.1) is 6.61 Å². The average Bonchev–Trinajstić information content (AvgIpc) is 3.28. The smallest absolute Gasteiger partial charge is 0.371 e. The summed E-state index contributed by atoms with van der Waals surface area (Å²) in [6, 6.07) is 0.513. The Hall–Kier alpha value is -0.330. The van der Waals surface area contributed by atoms with Gasteiger partial charge in [0.2, 0.25) is 0 Å². The second-order valence-corrected chi connectivity index (χ2v) is 7.07. The minimum absolute atomic E-state index is 0.0903. The molecule has 0 bridgehead atoms. The largest absolute Gasteiger partial charge is 0.411 e. The molecule has 3 fully saturated rings. The molecule has 6 heteroatoms. The van der Waals surface area contributed by atoms with Crippen molar-refractivity contribution in [2.75, 3.05) is 32.8 Å². The Bertz CT molecular complexity index is 368.